The third-order valence-electron chi connectivity index (χ3n) is 5.91. The molecule has 2 aromatic carbocycles. The van der Waals surface area contributed by atoms with Crippen molar-refractivity contribution in [2.45, 2.75) is 4.90 Å². The monoisotopic (exact) mass is 491 g/mol. The van der Waals surface area contributed by atoms with Crippen LogP contribution in [0.3, 0.4) is 0 Å². The van der Waals surface area contributed by atoms with Crippen molar-refractivity contribution < 1.29 is 17.6 Å². The number of para-hydroxylation sites is 1. The molecule has 1 aliphatic rings. The Morgan fingerprint density at radius 2 is 1.71 bits per heavy atom. The molecule has 35 heavy (non-hydrogen) atoms. The molecule has 180 valence electrons. The minimum Gasteiger partial charge on any atom is -0.463 e. The Labute approximate surface area is 203 Å². The smallest absolute Gasteiger partial charge is 0.274 e. The molecule has 9 nitrogen and oxygen atoms in total. The number of carbonyl (C=O) groups is 1. The molecule has 1 saturated heterocycles. The van der Waals surface area contributed by atoms with Crippen molar-refractivity contribution in [1.29, 1.82) is 0 Å². The van der Waals surface area contributed by atoms with E-state index in [1.165, 1.54) is 15.1 Å². The number of likely N-dealkylation sites (N-methyl/N-ethyl adjacent to an activating group) is 1. The Morgan fingerprint density at radius 3 is 2.43 bits per heavy atom. The second-order valence-electron chi connectivity index (χ2n) is 8.33. The number of hydrogen-bond donors (Lipinski definition) is 1. The number of carbonyl (C=O) groups excluding carboxylic acids is 1. The lowest BCUT2D eigenvalue weighted by molar-refractivity contribution is 0.101. The van der Waals surface area contributed by atoms with Gasteiger partial charge >= 0.3 is 0 Å². The molecule has 0 atom stereocenters. The molecule has 0 spiro atoms. The van der Waals surface area contributed by atoms with Gasteiger partial charge in [0.2, 0.25) is 10.0 Å². The number of piperazine rings is 1. The third kappa shape index (κ3) is 4.76. The van der Waals surface area contributed by atoms with Gasteiger partial charge in [-0.25, -0.2) is 13.1 Å². The zero-order valence-electron chi connectivity index (χ0n) is 19.2. The van der Waals surface area contributed by atoms with Crippen LogP contribution in [-0.2, 0) is 10.0 Å². The van der Waals surface area contributed by atoms with Crippen LogP contribution in [0.25, 0.3) is 17.1 Å². The average molecular weight is 492 g/mol. The predicted octanol–water partition coefficient (Wildman–Crippen LogP) is 3.32. The van der Waals surface area contributed by atoms with Crippen LogP contribution in [0.5, 0.6) is 0 Å². The maximum atomic E-state index is 13.3. The molecule has 1 fully saturated rings. The summed E-state index contributed by atoms with van der Waals surface area (Å²) in [5.74, 6) is 0.113. The van der Waals surface area contributed by atoms with Crippen LogP contribution in [0.1, 0.15) is 10.5 Å². The van der Waals surface area contributed by atoms with Crippen LogP contribution in [-0.4, -0.2) is 66.5 Å². The van der Waals surface area contributed by atoms with Crippen molar-refractivity contribution in [3.8, 4) is 17.1 Å². The van der Waals surface area contributed by atoms with Crippen molar-refractivity contribution in [3.05, 3.63) is 84.8 Å². The van der Waals surface area contributed by atoms with Gasteiger partial charge in [-0.2, -0.15) is 9.40 Å². The van der Waals surface area contributed by atoms with E-state index in [9.17, 15) is 13.2 Å². The number of anilines is 1. The Bertz CT molecular complexity index is 1420. The summed E-state index contributed by atoms with van der Waals surface area (Å²) in [6, 6.07) is 20.8. The van der Waals surface area contributed by atoms with Crippen LogP contribution >= 0.6 is 0 Å². The molecule has 0 unspecified atom stereocenters. The predicted molar refractivity (Wildman–Crippen MR) is 132 cm³/mol. The van der Waals surface area contributed by atoms with Gasteiger partial charge in [0.25, 0.3) is 5.91 Å². The van der Waals surface area contributed by atoms with Gasteiger partial charge in [-0.05, 0) is 49.5 Å². The van der Waals surface area contributed by atoms with Gasteiger partial charge in [-0.15, -0.1) is 0 Å². The maximum absolute atomic E-state index is 13.3. The molecule has 3 heterocycles. The number of nitrogens with one attached hydrogen (secondary N) is 1. The summed E-state index contributed by atoms with van der Waals surface area (Å²) in [4.78, 5) is 15.6. The topological polar surface area (TPSA) is 101 Å². The fourth-order valence-corrected chi connectivity index (χ4v) is 5.43. The van der Waals surface area contributed by atoms with Gasteiger partial charge in [0.1, 0.15) is 11.4 Å². The Hall–Kier alpha value is -3.73. The highest BCUT2D eigenvalue weighted by Gasteiger charge is 2.28. The normalized spacial score (nSPS) is 15.2. The average Bonchev–Trinajstić information content (AvgIpc) is 3.55. The van der Waals surface area contributed by atoms with Crippen LogP contribution in [0, 0.1) is 0 Å². The molecule has 0 saturated carbocycles. The van der Waals surface area contributed by atoms with Gasteiger partial charge < -0.3 is 14.6 Å². The molecule has 0 bridgehead atoms. The molecule has 1 N–H and O–H groups in total. The number of furan rings is 1. The number of hydrogen-bond acceptors (Lipinski definition) is 6. The van der Waals surface area contributed by atoms with Crippen molar-refractivity contribution in [1.82, 2.24) is 19.0 Å². The van der Waals surface area contributed by atoms with Gasteiger partial charge in [0.15, 0.2) is 5.76 Å². The highest BCUT2D eigenvalue weighted by molar-refractivity contribution is 7.89. The fraction of sp³-hybridized carbons (Fsp3) is 0.200. The maximum Gasteiger partial charge on any atom is 0.274 e. The minimum absolute atomic E-state index is 0.146. The summed E-state index contributed by atoms with van der Waals surface area (Å²) >= 11 is 0. The first-order valence-corrected chi connectivity index (χ1v) is 12.7. The molecule has 2 aromatic heterocycles. The minimum atomic E-state index is -3.66. The van der Waals surface area contributed by atoms with Crippen molar-refractivity contribution >= 4 is 21.6 Å². The van der Waals surface area contributed by atoms with Gasteiger partial charge in [0.05, 0.1) is 16.8 Å². The highest BCUT2D eigenvalue weighted by atomic mass is 32.2. The summed E-state index contributed by atoms with van der Waals surface area (Å²) in [7, 11) is -1.69. The van der Waals surface area contributed by atoms with E-state index in [0.29, 0.717) is 49.0 Å². The lowest BCUT2D eigenvalue weighted by Gasteiger charge is -2.31. The summed E-state index contributed by atoms with van der Waals surface area (Å²) in [6.07, 6.45) is 1.54. The standard InChI is InChI=1S/C25H25N5O4S/c1-28-12-14-29(15-13-28)35(32,33)21-10-5-7-19(17-21)26-25(31)23-18-22(24-11-6-16-34-24)27-30(23)20-8-3-2-4-9-20/h2-11,16-18H,12-15H2,1H3,(H,26,31). The van der Waals surface area contributed by atoms with E-state index in [-0.39, 0.29) is 10.6 Å². The van der Waals surface area contributed by atoms with Crippen LogP contribution < -0.4 is 5.32 Å². The molecule has 4 aromatic rings. The van der Waals surface area contributed by atoms with E-state index in [4.69, 9.17) is 4.42 Å². The fourth-order valence-electron chi connectivity index (χ4n) is 3.96. The summed E-state index contributed by atoms with van der Waals surface area (Å²) in [5.41, 5.74) is 1.89. The van der Waals surface area contributed by atoms with E-state index in [0.717, 1.165) is 0 Å². The third-order valence-corrected chi connectivity index (χ3v) is 7.80. The van der Waals surface area contributed by atoms with Crippen LogP contribution in [0.2, 0.25) is 0 Å². The van der Waals surface area contributed by atoms with Gasteiger partial charge in [-0.3, -0.25) is 4.79 Å². The molecule has 0 radical (unpaired) electrons. The molecule has 10 heteroatoms. The largest absolute Gasteiger partial charge is 0.463 e. The number of sulfonamides is 1. The Balaban J connectivity index is 1.43. The first-order chi connectivity index (χ1) is 16.9. The van der Waals surface area contributed by atoms with Crippen molar-refractivity contribution in [3.63, 3.8) is 0 Å². The zero-order chi connectivity index (χ0) is 24.4. The Kier molecular flexibility index (Phi) is 6.25. The molecule has 5 rings (SSSR count). The van der Waals surface area contributed by atoms with E-state index < -0.39 is 15.9 Å². The van der Waals surface area contributed by atoms with E-state index in [1.807, 2.05) is 37.4 Å². The molecular formula is C25H25N5O4S. The van der Waals surface area contributed by atoms with Gasteiger partial charge in [-0.1, -0.05) is 24.3 Å². The lowest BCUT2D eigenvalue weighted by atomic mass is 10.2. The molecular weight excluding hydrogens is 466 g/mol. The molecule has 1 amide bonds. The highest BCUT2D eigenvalue weighted by Crippen LogP contribution is 2.24. The quantitative estimate of drug-likeness (QED) is 0.444. The number of amides is 1. The number of rotatable bonds is 6. The van der Waals surface area contributed by atoms with Crippen LogP contribution in [0.4, 0.5) is 5.69 Å². The summed E-state index contributed by atoms with van der Waals surface area (Å²) < 4.78 is 34.8. The summed E-state index contributed by atoms with van der Waals surface area (Å²) in [5, 5.41) is 7.39. The zero-order valence-corrected chi connectivity index (χ0v) is 20.0. The second-order valence-corrected chi connectivity index (χ2v) is 10.3. The number of aromatic nitrogens is 2. The summed E-state index contributed by atoms with van der Waals surface area (Å²) in [6.45, 7) is 2.22. The number of nitrogens with zero attached hydrogens (tertiary/aromatic N) is 4. The Morgan fingerprint density at radius 1 is 0.943 bits per heavy atom. The van der Waals surface area contributed by atoms with E-state index >= 15 is 0 Å². The van der Waals surface area contributed by atoms with Crippen molar-refractivity contribution in [2.75, 3.05) is 38.5 Å². The first-order valence-electron chi connectivity index (χ1n) is 11.2. The molecule has 0 aliphatic carbocycles. The number of benzene rings is 2. The van der Waals surface area contributed by atoms with Crippen LogP contribution in [0.15, 0.2) is 88.4 Å². The van der Waals surface area contributed by atoms with Crippen molar-refractivity contribution in [2.24, 2.45) is 0 Å². The second kappa shape index (κ2) is 9.49. The first kappa shape index (κ1) is 23.0. The molecule has 1 aliphatic heterocycles. The van der Waals surface area contributed by atoms with Gasteiger partial charge in [0, 0.05) is 37.9 Å². The van der Waals surface area contributed by atoms with E-state index in [2.05, 4.69) is 15.3 Å². The lowest BCUT2D eigenvalue weighted by Crippen LogP contribution is -2.47. The SMILES string of the molecule is CN1CCN(S(=O)(=O)c2cccc(NC(=O)c3cc(-c4ccco4)nn3-c3ccccc3)c2)CC1. The van der Waals surface area contributed by atoms with E-state index in [1.54, 1.807) is 42.7 Å².